The molecule has 0 aliphatic carbocycles. The molecule has 1 aliphatic rings. The Bertz CT molecular complexity index is 930. The molecule has 4 rings (SSSR count). The van der Waals surface area contributed by atoms with E-state index in [1.165, 1.54) is 17.4 Å². The van der Waals surface area contributed by atoms with Crippen molar-refractivity contribution >= 4 is 22.2 Å². The molecule has 0 saturated carbocycles. The summed E-state index contributed by atoms with van der Waals surface area (Å²) in [7, 11) is 0. The third-order valence-electron chi connectivity index (χ3n) is 4.69. The Hall–Kier alpha value is -2.25. The van der Waals surface area contributed by atoms with Gasteiger partial charge >= 0.3 is 0 Å². The van der Waals surface area contributed by atoms with E-state index in [1.807, 2.05) is 12.3 Å². The van der Waals surface area contributed by atoms with E-state index in [0.29, 0.717) is 35.0 Å². The van der Waals surface area contributed by atoms with Crippen molar-refractivity contribution in [1.82, 2.24) is 14.3 Å². The smallest absolute Gasteiger partial charge is 0.271 e. The lowest BCUT2D eigenvalue weighted by molar-refractivity contribution is 0.0534. The number of ether oxygens (including phenoxy) is 1. The second-order valence-electron chi connectivity index (χ2n) is 6.36. The number of imidazole rings is 1. The summed E-state index contributed by atoms with van der Waals surface area (Å²) < 4.78 is 21.5. The quantitative estimate of drug-likeness (QED) is 0.683. The van der Waals surface area contributed by atoms with Gasteiger partial charge in [0, 0.05) is 36.8 Å². The first-order chi connectivity index (χ1) is 12.7. The lowest BCUT2D eigenvalue weighted by atomic mass is 10.1. The second-order valence-corrected chi connectivity index (χ2v) is 7.19. The normalized spacial score (nSPS) is 17.1. The number of benzene rings is 1. The van der Waals surface area contributed by atoms with Crippen LogP contribution < -0.4 is 0 Å². The highest BCUT2D eigenvalue weighted by molar-refractivity contribution is 7.15. The van der Waals surface area contributed by atoms with Crippen LogP contribution in [0.5, 0.6) is 0 Å². The van der Waals surface area contributed by atoms with Crippen LogP contribution in [0, 0.1) is 5.82 Å². The highest BCUT2D eigenvalue weighted by Crippen LogP contribution is 2.26. The molecule has 26 heavy (non-hydrogen) atoms. The molecular formula is C19H20FN3O2S. The zero-order valence-corrected chi connectivity index (χ0v) is 15.3. The van der Waals surface area contributed by atoms with Gasteiger partial charge in [-0.15, -0.1) is 11.3 Å². The highest BCUT2D eigenvalue weighted by Gasteiger charge is 2.25. The van der Waals surface area contributed by atoms with Crippen molar-refractivity contribution in [3.8, 4) is 11.3 Å². The molecule has 1 saturated heterocycles. The summed E-state index contributed by atoms with van der Waals surface area (Å²) in [4.78, 5) is 20.0. The number of hydrogen-bond donors (Lipinski definition) is 0. The molecule has 0 bridgehead atoms. The average molecular weight is 373 g/mol. The molecule has 2 aromatic heterocycles. The van der Waals surface area contributed by atoms with Crippen molar-refractivity contribution in [1.29, 1.82) is 0 Å². The van der Waals surface area contributed by atoms with Gasteiger partial charge in [-0.1, -0.05) is 12.1 Å². The third kappa shape index (κ3) is 3.12. The van der Waals surface area contributed by atoms with Gasteiger partial charge in [-0.3, -0.25) is 9.20 Å². The number of aromatic nitrogens is 2. The van der Waals surface area contributed by atoms with E-state index in [2.05, 4.69) is 4.98 Å². The van der Waals surface area contributed by atoms with Crippen LogP contribution in [0.2, 0.25) is 0 Å². The van der Waals surface area contributed by atoms with Crippen LogP contribution in [0.3, 0.4) is 0 Å². The Kier molecular flexibility index (Phi) is 4.74. The van der Waals surface area contributed by atoms with Crippen molar-refractivity contribution in [2.45, 2.75) is 25.9 Å². The molecule has 7 heteroatoms. The minimum absolute atomic E-state index is 0.0493. The first kappa shape index (κ1) is 17.2. The van der Waals surface area contributed by atoms with E-state index in [4.69, 9.17) is 4.74 Å². The Labute approximate surface area is 155 Å². The summed E-state index contributed by atoms with van der Waals surface area (Å²) in [6.45, 7) is 3.95. The van der Waals surface area contributed by atoms with Crippen LogP contribution in [0.15, 0.2) is 35.8 Å². The fourth-order valence-corrected chi connectivity index (χ4v) is 4.14. The number of thiazole rings is 1. The predicted octanol–water partition coefficient (Wildman–Crippen LogP) is 3.84. The van der Waals surface area contributed by atoms with Gasteiger partial charge < -0.3 is 9.64 Å². The summed E-state index contributed by atoms with van der Waals surface area (Å²) in [5, 5.41) is 1.81. The third-order valence-corrected chi connectivity index (χ3v) is 5.53. The van der Waals surface area contributed by atoms with E-state index in [1.54, 1.807) is 33.7 Å². The van der Waals surface area contributed by atoms with Crippen molar-refractivity contribution < 1.29 is 13.9 Å². The minimum Gasteiger partial charge on any atom is -0.376 e. The van der Waals surface area contributed by atoms with Crippen molar-refractivity contribution in [3.63, 3.8) is 0 Å². The van der Waals surface area contributed by atoms with E-state index in [-0.39, 0.29) is 17.8 Å². The molecule has 136 valence electrons. The molecule has 5 nitrogen and oxygen atoms in total. The maximum atomic E-state index is 14.0. The number of halogens is 1. The number of fused-ring (bicyclic) bond motifs is 1. The summed E-state index contributed by atoms with van der Waals surface area (Å²) in [5.74, 6) is -0.369. The Balaban J connectivity index is 1.63. The Morgan fingerprint density at radius 3 is 3.04 bits per heavy atom. The molecule has 3 aromatic rings. The minimum atomic E-state index is -0.320. The molecule has 1 aromatic carbocycles. The standard InChI is InChI=1S/C19H20FN3O2S/c1-2-22(10-13-6-5-9-25-13)18(24)17-12-26-19-21-16(11-23(17)19)14-7-3-4-8-15(14)20/h3-4,7-8,11-13H,2,5-6,9-10H2,1H3. The van der Waals surface area contributed by atoms with E-state index < -0.39 is 0 Å². The summed E-state index contributed by atoms with van der Waals surface area (Å²) in [5.41, 5.74) is 1.53. The summed E-state index contributed by atoms with van der Waals surface area (Å²) in [6.07, 6.45) is 3.89. The molecule has 1 unspecified atom stereocenters. The Morgan fingerprint density at radius 2 is 2.31 bits per heavy atom. The summed E-state index contributed by atoms with van der Waals surface area (Å²) in [6, 6.07) is 6.53. The zero-order valence-electron chi connectivity index (χ0n) is 14.5. The van der Waals surface area contributed by atoms with Crippen LogP contribution in [0.25, 0.3) is 16.2 Å². The molecule has 1 fully saturated rings. The predicted molar refractivity (Wildman–Crippen MR) is 99.0 cm³/mol. The molecule has 3 heterocycles. The van der Waals surface area contributed by atoms with Gasteiger partial charge in [0.05, 0.1) is 11.8 Å². The van der Waals surface area contributed by atoms with Crippen LogP contribution in [0.4, 0.5) is 4.39 Å². The fourth-order valence-electron chi connectivity index (χ4n) is 3.29. The maximum Gasteiger partial charge on any atom is 0.271 e. The van der Waals surface area contributed by atoms with E-state index in [9.17, 15) is 9.18 Å². The van der Waals surface area contributed by atoms with Crippen LogP contribution >= 0.6 is 11.3 Å². The van der Waals surface area contributed by atoms with Crippen molar-refractivity contribution in [3.05, 3.63) is 47.4 Å². The van der Waals surface area contributed by atoms with E-state index >= 15 is 0 Å². The number of hydrogen-bond acceptors (Lipinski definition) is 4. The van der Waals surface area contributed by atoms with Gasteiger partial charge in [0.2, 0.25) is 0 Å². The number of nitrogens with zero attached hydrogens (tertiary/aromatic N) is 3. The number of carbonyl (C=O) groups is 1. The van der Waals surface area contributed by atoms with Crippen LogP contribution in [0.1, 0.15) is 30.3 Å². The zero-order chi connectivity index (χ0) is 18.1. The van der Waals surface area contributed by atoms with Crippen LogP contribution in [-0.2, 0) is 4.74 Å². The van der Waals surface area contributed by atoms with Crippen molar-refractivity contribution in [2.75, 3.05) is 19.7 Å². The fraction of sp³-hybridized carbons (Fsp3) is 0.368. The summed E-state index contributed by atoms with van der Waals surface area (Å²) >= 11 is 1.38. The maximum absolute atomic E-state index is 14.0. The topological polar surface area (TPSA) is 46.8 Å². The van der Waals surface area contributed by atoms with Gasteiger partial charge in [-0.25, -0.2) is 9.37 Å². The molecule has 1 atom stereocenters. The number of amides is 1. The lowest BCUT2D eigenvalue weighted by Crippen LogP contribution is -2.37. The molecule has 0 N–H and O–H groups in total. The first-order valence-electron chi connectivity index (χ1n) is 8.79. The monoisotopic (exact) mass is 373 g/mol. The second kappa shape index (κ2) is 7.17. The molecular weight excluding hydrogens is 353 g/mol. The van der Waals surface area contributed by atoms with Gasteiger partial charge in [-0.05, 0) is 31.9 Å². The SMILES string of the molecule is CCN(CC1CCCO1)C(=O)c1csc2nc(-c3ccccc3F)cn12. The number of carbonyl (C=O) groups excluding carboxylic acids is 1. The first-order valence-corrected chi connectivity index (χ1v) is 9.67. The van der Waals surface area contributed by atoms with Gasteiger partial charge in [-0.2, -0.15) is 0 Å². The largest absolute Gasteiger partial charge is 0.376 e. The lowest BCUT2D eigenvalue weighted by Gasteiger charge is -2.23. The molecule has 1 aliphatic heterocycles. The molecule has 1 amide bonds. The van der Waals surface area contributed by atoms with Gasteiger partial charge in [0.25, 0.3) is 5.91 Å². The van der Waals surface area contributed by atoms with Gasteiger partial charge in [0.1, 0.15) is 11.5 Å². The molecule has 0 spiro atoms. The van der Waals surface area contributed by atoms with Crippen molar-refractivity contribution in [2.24, 2.45) is 0 Å². The van der Waals surface area contributed by atoms with Crippen LogP contribution in [-0.4, -0.2) is 46.0 Å². The highest BCUT2D eigenvalue weighted by atomic mass is 32.1. The number of rotatable bonds is 5. The van der Waals surface area contributed by atoms with E-state index in [0.717, 1.165) is 19.4 Å². The Morgan fingerprint density at radius 1 is 1.46 bits per heavy atom. The van der Waals surface area contributed by atoms with Gasteiger partial charge in [0.15, 0.2) is 4.96 Å². The molecule has 0 radical (unpaired) electrons. The average Bonchev–Trinajstić information content (AvgIpc) is 3.36. The number of likely N-dealkylation sites (N-methyl/N-ethyl adjacent to an activating group) is 1.